The third kappa shape index (κ3) is 5.63. The summed E-state index contributed by atoms with van der Waals surface area (Å²) in [6, 6.07) is 14.4. The number of carbonyl (C=O) groups is 2. The largest absolute Gasteiger partial charge is 0.466 e. The average Bonchev–Trinajstić information content (AvgIpc) is 3.67. The van der Waals surface area contributed by atoms with Crippen LogP contribution in [0.4, 0.5) is 0 Å². The van der Waals surface area contributed by atoms with E-state index in [2.05, 4.69) is 34.6 Å². The molecule has 1 fully saturated rings. The van der Waals surface area contributed by atoms with E-state index in [1.54, 1.807) is 17.5 Å². The topological polar surface area (TPSA) is 91.2 Å². The van der Waals surface area contributed by atoms with Crippen LogP contribution in [0.25, 0.3) is 15.4 Å². The normalized spacial score (nSPS) is 18.3. The number of thiazole rings is 1. The Hall–Kier alpha value is -3.85. The Morgan fingerprint density at radius 3 is 2.62 bits per heavy atom. The van der Waals surface area contributed by atoms with E-state index in [1.165, 1.54) is 5.56 Å². The van der Waals surface area contributed by atoms with Crippen LogP contribution in [0.1, 0.15) is 66.6 Å². The van der Waals surface area contributed by atoms with Gasteiger partial charge in [-0.25, -0.2) is 4.98 Å². The predicted molar refractivity (Wildman–Crippen MR) is 148 cm³/mol. The van der Waals surface area contributed by atoms with Crippen LogP contribution in [-0.2, 0) is 16.1 Å². The molecule has 202 valence electrons. The van der Waals surface area contributed by atoms with Gasteiger partial charge in [0.05, 0.1) is 11.5 Å². The lowest BCUT2D eigenvalue weighted by molar-refractivity contribution is -0.144. The van der Waals surface area contributed by atoms with Crippen molar-refractivity contribution < 1.29 is 23.8 Å². The second kappa shape index (κ2) is 11.1. The van der Waals surface area contributed by atoms with Gasteiger partial charge in [-0.3, -0.25) is 14.0 Å². The van der Waals surface area contributed by atoms with Gasteiger partial charge in [-0.15, -0.1) is 0 Å². The van der Waals surface area contributed by atoms with E-state index in [1.807, 2.05) is 35.7 Å². The van der Waals surface area contributed by atoms with E-state index in [0.29, 0.717) is 42.9 Å². The van der Waals surface area contributed by atoms with Gasteiger partial charge in [-0.1, -0.05) is 41.7 Å². The van der Waals surface area contributed by atoms with Gasteiger partial charge in [-0.05, 0) is 73.3 Å². The molecular weight excluding hydrogens is 514 g/mol. The molecule has 4 aromatic rings. The number of ether oxygens (including phenoxy) is 3. The molecule has 1 aliphatic heterocycles. The number of imidazole rings is 1. The number of fused-ring (bicyclic) bond motifs is 2. The molecule has 0 spiro atoms. The summed E-state index contributed by atoms with van der Waals surface area (Å²) < 4.78 is 17.8. The average molecular weight is 546 g/mol. The lowest BCUT2D eigenvalue weighted by atomic mass is 9.77. The van der Waals surface area contributed by atoms with Gasteiger partial charge >= 0.3 is 5.97 Å². The summed E-state index contributed by atoms with van der Waals surface area (Å²) in [5.74, 6) is 2.12. The molecule has 6 rings (SSSR count). The highest BCUT2D eigenvalue weighted by Gasteiger charge is 2.24. The van der Waals surface area contributed by atoms with E-state index in [-0.39, 0.29) is 18.7 Å². The highest BCUT2D eigenvalue weighted by Crippen LogP contribution is 2.38. The zero-order valence-electron chi connectivity index (χ0n) is 21.9. The lowest BCUT2D eigenvalue weighted by Gasteiger charge is -2.28. The van der Waals surface area contributed by atoms with Crippen molar-refractivity contribution in [3.8, 4) is 21.9 Å². The Kier molecular flexibility index (Phi) is 7.24. The van der Waals surface area contributed by atoms with Crippen LogP contribution in [0.2, 0.25) is 0 Å². The minimum absolute atomic E-state index is 0.0680. The van der Waals surface area contributed by atoms with Gasteiger partial charge in [0.1, 0.15) is 5.69 Å². The van der Waals surface area contributed by atoms with Crippen molar-refractivity contribution in [1.82, 2.24) is 14.7 Å². The van der Waals surface area contributed by atoms with E-state index in [4.69, 9.17) is 14.2 Å². The molecule has 0 bridgehead atoms. The summed E-state index contributed by atoms with van der Waals surface area (Å²) in [6.07, 6.45) is 8.69. The number of aromatic nitrogens is 2. The van der Waals surface area contributed by atoms with Crippen LogP contribution in [0.15, 0.2) is 54.9 Å². The van der Waals surface area contributed by atoms with Crippen molar-refractivity contribution in [2.75, 3.05) is 13.4 Å². The maximum Gasteiger partial charge on any atom is 0.306 e. The molecule has 2 aliphatic rings. The van der Waals surface area contributed by atoms with Gasteiger partial charge < -0.3 is 19.5 Å². The first-order valence-corrected chi connectivity index (χ1v) is 14.3. The maximum atomic E-state index is 12.7. The number of nitrogens with one attached hydrogen (secondary N) is 1. The first-order valence-electron chi connectivity index (χ1n) is 13.5. The fourth-order valence-electron chi connectivity index (χ4n) is 5.44. The van der Waals surface area contributed by atoms with Crippen LogP contribution in [0.5, 0.6) is 11.5 Å². The van der Waals surface area contributed by atoms with Crippen molar-refractivity contribution in [3.05, 3.63) is 71.7 Å². The number of esters is 1. The SMILES string of the molecule is CCOC(=O)C[C@H]1CC[C@H](c2ccc(-c3cn4cc(C(=O)NCc5ccc6c(c5)OCO6)nc4s3)cc2)CC1. The zero-order valence-corrected chi connectivity index (χ0v) is 22.7. The summed E-state index contributed by atoms with van der Waals surface area (Å²) in [7, 11) is 0. The van der Waals surface area contributed by atoms with Crippen LogP contribution in [-0.4, -0.2) is 34.7 Å². The fraction of sp³-hybridized carbons (Fsp3) is 0.367. The van der Waals surface area contributed by atoms with Gasteiger partial charge in [0, 0.05) is 25.4 Å². The number of rotatable bonds is 8. The van der Waals surface area contributed by atoms with Crippen molar-refractivity contribution in [2.24, 2.45) is 5.92 Å². The maximum absolute atomic E-state index is 12.7. The Labute approximate surface area is 230 Å². The Balaban J connectivity index is 1.04. The molecule has 39 heavy (non-hydrogen) atoms. The van der Waals surface area contributed by atoms with Crippen molar-refractivity contribution in [3.63, 3.8) is 0 Å². The molecular formula is C30H31N3O5S. The van der Waals surface area contributed by atoms with Crippen LogP contribution in [0, 0.1) is 5.92 Å². The number of hydrogen-bond donors (Lipinski definition) is 1. The van der Waals surface area contributed by atoms with Crippen LogP contribution >= 0.6 is 11.3 Å². The standard InChI is InChI=1S/C30H31N3O5S/c1-2-36-28(34)14-19-3-6-21(7-4-19)22-8-10-23(11-9-22)27-17-33-16-24(32-30(33)39-27)29(35)31-15-20-5-12-25-26(13-20)38-18-37-25/h5,8-13,16-17,19,21H,2-4,6-7,14-15,18H2,1H3,(H,31,35)/t19-,21-. The van der Waals surface area contributed by atoms with Crippen molar-refractivity contribution >= 4 is 28.2 Å². The number of nitrogens with zero attached hydrogens (tertiary/aromatic N) is 2. The molecule has 0 saturated heterocycles. The summed E-state index contributed by atoms with van der Waals surface area (Å²) in [6.45, 7) is 2.92. The quantitative estimate of drug-likeness (QED) is 0.275. The number of carbonyl (C=O) groups excluding carboxylic acids is 2. The number of amides is 1. The summed E-state index contributed by atoms with van der Waals surface area (Å²) in [5.41, 5.74) is 3.82. The molecule has 1 saturated carbocycles. The molecule has 2 aromatic heterocycles. The van der Waals surface area contributed by atoms with E-state index < -0.39 is 0 Å². The van der Waals surface area contributed by atoms with Crippen LogP contribution in [0.3, 0.4) is 0 Å². The third-order valence-corrected chi connectivity index (χ3v) is 8.60. The van der Waals surface area contributed by atoms with Gasteiger partial charge in [0.15, 0.2) is 16.5 Å². The molecule has 1 N–H and O–H groups in total. The number of benzene rings is 2. The highest BCUT2D eigenvalue weighted by molar-refractivity contribution is 7.20. The Morgan fingerprint density at radius 1 is 1.05 bits per heavy atom. The molecule has 0 unspecified atom stereocenters. The van der Waals surface area contributed by atoms with Crippen molar-refractivity contribution in [2.45, 2.75) is 51.5 Å². The van der Waals surface area contributed by atoms with Gasteiger partial charge in [-0.2, -0.15) is 0 Å². The minimum Gasteiger partial charge on any atom is -0.466 e. The molecule has 3 heterocycles. The predicted octanol–water partition coefficient (Wildman–Crippen LogP) is 5.95. The fourth-order valence-corrected chi connectivity index (χ4v) is 6.41. The smallest absolute Gasteiger partial charge is 0.306 e. The molecule has 0 radical (unpaired) electrons. The Morgan fingerprint density at radius 2 is 1.85 bits per heavy atom. The van der Waals surface area contributed by atoms with Gasteiger partial charge in [0.25, 0.3) is 5.91 Å². The van der Waals surface area contributed by atoms with E-state index in [0.717, 1.165) is 52.4 Å². The van der Waals surface area contributed by atoms with Crippen LogP contribution < -0.4 is 14.8 Å². The molecule has 1 aliphatic carbocycles. The molecule has 8 nitrogen and oxygen atoms in total. The molecule has 2 aromatic carbocycles. The van der Waals surface area contributed by atoms with Gasteiger partial charge in [0.2, 0.25) is 6.79 Å². The molecule has 9 heteroatoms. The molecule has 0 atom stereocenters. The first kappa shape index (κ1) is 25.4. The highest BCUT2D eigenvalue weighted by atomic mass is 32.1. The second-order valence-corrected chi connectivity index (χ2v) is 11.1. The van der Waals surface area contributed by atoms with E-state index in [9.17, 15) is 9.59 Å². The lowest BCUT2D eigenvalue weighted by Crippen LogP contribution is -2.23. The van der Waals surface area contributed by atoms with E-state index >= 15 is 0 Å². The number of hydrogen-bond acceptors (Lipinski definition) is 7. The second-order valence-electron chi connectivity index (χ2n) is 10.1. The zero-order chi connectivity index (χ0) is 26.8. The molecule has 1 amide bonds. The third-order valence-electron chi connectivity index (χ3n) is 7.55. The monoisotopic (exact) mass is 545 g/mol. The summed E-state index contributed by atoms with van der Waals surface area (Å²) in [5, 5.41) is 2.93. The summed E-state index contributed by atoms with van der Waals surface area (Å²) in [4.78, 5) is 30.9. The Bertz CT molecular complexity index is 1450. The minimum atomic E-state index is -0.216. The first-order chi connectivity index (χ1) is 19.1. The summed E-state index contributed by atoms with van der Waals surface area (Å²) >= 11 is 1.57. The van der Waals surface area contributed by atoms with Crippen molar-refractivity contribution in [1.29, 1.82) is 0 Å².